The van der Waals surface area contributed by atoms with Gasteiger partial charge >= 0.3 is 0 Å². The van der Waals surface area contributed by atoms with Gasteiger partial charge in [0.15, 0.2) is 0 Å². The number of nitrogens with zero attached hydrogens (tertiary/aromatic N) is 1. The van der Waals surface area contributed by atoms with Crippen LogP contribution in [0.1, 0.15) is 251 Å². The third-order valence-corrected chi connectivity index (χ3v) is 13.0. The van der Waals surface area contributed by atoms with Gasteiger partial charge in [0.2, 0.25) is 5.91 Å². The predicted octanol–water partition coefficient (Wildman–Crippen LogP) is 15.2. The molecule has 9 heteroatoms. The molecule has 0 aliphatic rings. The van der Waals surface area contributed by atoms with Crippen LogP contribution in [0, 0.1) is 0 Å². The van der Waals surface area contributed by atoms with Gasteiger partial charge in [-0.15, -0.1) is 0 Å². The predicted molar refractivity (Wildman–Crippen MR) is 270 cm³/mol. The molecular weight excluding hydrogens is 804 g/mol. The number of phosphoric ester groups is 1. The number of nitrogens with one attached hydrogen (secondary N) is 1. The number of amides is 1. The highest BCUT2D eigenvalue weighted by Gasteiger charge is 2.23. The summed E-state index contributed by atoms with van der Waals surface area (Å²) in [6.07, 6.45) is 57.8. The summed E-state index contributed by atoms with van der Waals surface area (Å²) in [5.41, 5.74) is 0. The molecule has 0 rings (SSSR count). The Morgan fingerprint density at radius 1 is 0.540 bits per heavy atom. The van der Waals surface area contributed by atoms with E-state index in [1.54, 1.807) is 6.08 Å². The first-order valence-electron chi connectivity index (χ1n) is 26.9. The molecule has 372 valence electrons. The van der Waals surface area contributed by atoms with E-state index < -0.39 is 26.6 Å². The summed E-state index contributed by atoms with van der Waals surface area (Å²) in [6.45, 7) is 4.65. The van der Waals surface area contributed by atoms with Gasteiger partial charge in [-0.1, -0.05) is 224 Å². The lowest BCUT2D eigenvalue weighted by molar-refractivity contribution is -0.870. The van der Waals surface area contributed by atoms with E-state index in [2.05, 4.69) is 43.5 Å². The molecule has 0 radical (unpaired) electrons. The molecule has 3 unspecified atom stereocenters. The van der Waals surface area contributed by atoms with Crippen molar-refractivity contribution in [3.8, 4) is 0 Å². The molecule has 0 aromatic carbocycles. The standard InChI is InChI=1S/C54H105N2O6P/c1-6-8-10-12-14-16-18-20-22-24-26-28-30-32-34-36-38-40-42-44-46-48-54(58)55-52(51-62-63(59,60)61-50-49-56(3,4)5)53(57)47-45-43-41-39-37-35-33-31-29-27-25-23-21-19-17-15-13-11-9-7-2/h28,30,37,39,45,47,52-53,57H,6-27,29,31-36,38,40-44,46,48-51H2,1-5H3,(H-,55,58,59,60)/b30-28-,39-37+,47-45+. The van der Waals surface area contributed by atoms with Crippen molar-refractivity contribution in [1.82, 2.24) is 5.32 Å². The highest BCUT2D eigenvalue weighted by molar-refractivity contribution is 7.45. The van der Waals surface area contributed by atoms with Crippen LogP contribution >= 0.6 is 7.82 Å². The van der Waals surface area contributed by atoms with Crippen LogP contribution in [0.25, 0.3) is 0 Å². The number of quaternary nitrogens is 1. The second kappa shape index (κ2) is 45.9. The molecule has 0 fully saturated rings. The quantitative estimate of drug-likeness (QED) is 0.0272. The zero-order chi connectivity index (χ0) is 46.4. The summed E-state index contributed by atoms with van der Waals surface area (Å²) in [5, 5.41) is 13.8. The van der Waals surface area contributed by atoms with E-state index in [-0.39, 0.29) is 12.5 Å². The molecule has 0 aliphatic heterocycles. The van der Waals surface area contributed by atoms with Crippen molar-refractivity contribution in [2.45, 2.75) is 264 Å². The maximum atomic E-state index is 12.9. The van der Waals surface area contributed by atoms with Crippen molar-refractivity contribution < 1.29 is 32.9 Å². The molecule has 0 spiro atoms. The van der Waals surface area contributed by atoms with E-state index in [0.29, 0.717) is 17.4 Å². The van der Waals surface area contributed by atoms with Gasteiger partial charge in [0.1, 0.15) is 13.2 Å². The average molecular weight is 909 g/mol. The Kier molecular flexibility index (Phi) is 44.9. The van der Waals surface area contributed by atoms with Crippen LogP contribution in [0.3, 0.4) is 0 Å². The van der Waals surface area contributed by atoms with Crippen molar-refractivity contribution in [1.29, 1.82) is 0 Å². The minimum atomic E-state index is -4.60. The highest BCUT2D eigenvalue weighted by atomic mass is 31.2. The Bertz CT molecular complexity index is 1120. The molecule has 1 amide bonds. The summed E-state index contributed by atoms with van der Waals surface area (Å²) < 4.78 is 23.3. The Morgan fingerprint density at radius 2 is 0.889 bits per heavy atom. The number of aliphatic hydroxyl groups excluding tert-OH is 1. The molecule has 0 saturated carbocycles. The number of unbranched alkanes of at least 4 members (excludes halogenated alkanes) is 32. The number of hydrogen-bond acceptors (Lipinski definition) is 6. The van der Waals surface area contributed by atoms with Crippen LogP contribution in [0.5, 0.6) is 0 Å². The van der Waals surface area contributed by atoms with Gasteiger partial charge in [-0.05, 0) is 57.8 Å². The molecule has 2 N–H and O–H groups in total. The third kappa shape index (κ3) is 48.5. The van der Waals surface area contributed by atoms with Crippen LogP contribution in [-0.4, -0.2) is 68.5 Å². The number of hydrogen-bond donors (Lipinski definition) is 2. The van der Waals surface area contributed by atoms with Crippen molar-refractivity contribution in [3.63, 3.8) is 0 Å². The summed E-state index contributed by atoms with van der Waals surface area (Å²) in [4.78, 5) is 25.4. The summed E-state index contributed by atoms with van der Waals surface area (Å²) in [7, 11) is 1.25. The fourth-order valence-electron chi connectivity index (χ4n) is 7.81. The summed E-state index contributed by atoms with van der Waals surface area (Å²) in [6, 6.07) is -0.905. The second-order valence-electron chi connectivity index (χ2n) is 19.6. The number of carbonyl (C=O) groups excluding carboxylic acids is 1. The van der Waals surface area contributed by atoms with Crippen LogP contribution in [0.4, 0.5) is 0 Å². The highest BCUT2D eigenvalue weighted by Crippen LogP contribution is 2.38. The van der Waals surface area contributed by atoms with E-state index in [9.17, 15) is 19.4 Å². The van der Waals surface area contributed by atoms with Crippen LogP contribution in [0.2, 0.25) is 0 Å². The van der Waals surface area contributed by atoms with E-state index in [4.69, 9.17) is 9.05 Å². The number of aliphatic hydroxyl groups is 1. The number of carbonyl (C=O) groups is 1. The molecule has 0 aromatic rings. The van der Waals surface area contributed by atoms with E-state index in [1.807, 2.05) is 27.2 Å². The maximum Gasteiger partial charge on any atom is 0.268 e. The second-order valence-corrected chi connectivity index (χ2v) is 21.0. The van der Waals surface area contributed by atoms with E-state index in [1.165, 1.54) is 193 Å². The van der Waals surface area contributed by atoms with Crippen molar-refractivity contribution in [2.24, 2.45) is 0 Å². The molecule has 8 nitrogen and oxygen atoms in total. The summed E-state index contributed by atoms with van der Waals surface area (Å²) in [5.74, 6) is -0.209. The van der Waals surface area contributed by atoms with Crippen LogP contribution in [0.15, 0.2) is 36.5 Å². The monoisotopic (exact) mass is 909 g/mol. The van der Waals surface area contributed by atoms with Crippen molar-refractivity contribution in [2.75, 3.05) is 40.9 Å². The SMILES string of the molecule is CCCCCCCCCCCC/C=C\CCCCCCCCCC(=O)NC(COP(=O)([O-])OCC[N+](C)(C)C)C(O)/C=C/CC/C=C/CCCCCCCCCCCCCCCC. The summed E-state index contributed by atoms with van der Waals surface area (Å²) >= 11 is 0. The number of allylic oxidation sites excluding steroid dienone is 5. The number of rotatable bonds is 49. The van der Waals surface area contributed by atoms with Crippen LogP contribution < -0.4 is 10.2 Å². The third-order valence-electron chi connectivity index (χ3n) is 12.1. The molecule has 0 aliphatic carbocycles. The molecule has 0 aromatic heterocycles. The van der Waals surface area contributed by atoms with Crippen molar-refractivity contribution in [3.05, 3.63) is 36.5 Å². The number of likely N-dealkylation sites (N-methyl/N-ethyl adjacent to an activating group) is 1. The topological polar surface area (TPSA) is 108 Å². The fourth-order valence-corrected chi connectivity index (χ4v) is 8.53. The van der Waals surface area contributed by atoms with Gasteiger partial charge in [0, 0.05) is 6.42 Å². The van der Waals surface area contributed by atoms with Gasteiger partial charge in [0.05, 0.1) is 39.9 Å². The first-order chi connectivity index (χ1) is 30.5. The van der Waals surface area contributed by atoms with Gasteiger partial charge < -0.3 is 28.8 Å². The average Bonchev–Trinajstić information content (AvgIpc) is 3.24. The van der Waals surface area contributed by atoms with Gasteiger partial charge in [0.25, 0.3) is 7.82 Å². The lowest BCUT2D eigenvalue weighted by Crippen LogP contribution is -2.45. The Balaban J connectivity index is 4.32. The Labute approximate surface area is 391 Å². The van der Waals surface area contributed by atoms with E-state index in [0.717, 1.165) is 38.5 Å². The number of phosphoric acid groups is 1. The van der Waals surface area contributed by atoms with Crippen molar-refractivity contribution >= 4 is 13.7 Å². The molecular formula is C54H105N2O6P. The lowest BCUT2D eigenvalue weighted by atomic mass is 10.0. The van der Waals surface area contributed by atoms with Gasteiger partial charge in [-0.25, -0.2) is 0 Å². The minimum absolute atomic E-state index is 0.00674. The zero-order valence-corrected chi connectivity index (χ0v) is 43.2. The molecule has 3 atom stereocenters. The lowest BCUT2D eigenvalue weighted by Gasteiger charge is -2.29. The molecule has 0 saturated heterocycles. The maximum absolute atomic E-state index is 12.9. The Morgan fingerprint density at radius 3 is 1.29 bits per heavy atom. The normalized spacial score (nSPS) is 14.3. The minimum Gasteiger partial charge on any atom is -0.756 e. The van der Waals surface area contributed by atoms with Gasteiger partial charge in [-0.2, -0.15) is 0 Å². The smallest absolute Gasteiger partial charge is 0.268 e. The largest absolute Gasteiger partial charge is 0.756 e. The van der Waals surface area contributed by atoms with Gasteiger partial charge in [-0.3, -0.25) is 9.36 Å². The van der Waals surface area contributed by atoms with Crippen LogP contribution in [-0.2, 0) is 18.4 Å². The molecule has 63 heavy (non-hydrogen) atoms. The molecule has 0 bridgehead atoms. The molecule has 0 heterocycles. The fraction of sp³-hybridized carbons (Fsp3) is 0.870. The first-order valence-corrected chi connectivity index (χ1v) is 28.3. The zero-order valence-electron chi connectivity index (χ0n) is 42.3. The van der Waals surface area contributed by atoms with E-state index >= 15 is 0 Å². The first kappa shape index (κ1) is 61.7. The Hall–Kier alpha value is -1.28.